The fourth-order valence-corrected chi connectivity index (χ4v) is 8.76. The number of ketones is 1. The molecule has 2 heteroatoms. The number of aliphatic imine (C=N–C) groups is 1. The van der Waals surface area contributed by atoms with E-state index in [1.165, 1.54) is 43.4 Å². The van der Waals surface area contributed by atoms with Gasteiger partial charge in [-0.1, -0.05) is 43.7 Å². The van der Waals surface area contributed by atoms with E-state index < -0.39 is 0 Å². The second-order valence-electron chi connectivity index (χ2n) is 11.4. The van der Waals surface area contributed by atoms with Crippen LogP contribution >= 0.6 is 0 Å². The van der Waals surface area contributed by atoms with Gasteiger partial charge in [-0.15, -0.1) is 0 Å². The van der Waals surface area contributed by atoms with E-state index in [-0.39, 0.29) is 0 Å². The molecule has 3 fully saturated rings. The van der Waals surface area contributed by atoms with Crippen LogP contribution in [0.15, 0.2) is 40.9 Å². The molecule has 0 radical (unpaired) electrons. The summed E-state index contributed by atoms with van der Waals surface area (Å²) in [5, 5.41) is 0. The summed E-state index contributed by atoms with van der Waals surface area (Å²) in [5.74, 6) is 4.17. The molecule has 1 heterocycles. The molecular formula is C28H35NO. The van der Waals surface area contributed by atoms with Crippen molar-refractivity contribution >= 4 is 17.7 Å². The molecule has 0 bridgehead atoms. The number of benzene rings is 1. The van der Waals surface area contributed by atoms with E-state index >= 15 is 0 Å². The fourth-order valence-electron chi connectivity index (χ4n) is 8.76. The van der Waals surface area contributed by atoms with Gasteiger partial charge in [-0.3, -0.25) is 9.79 Å². The highest BCUT2D eigenvalue weighted by atomic mass is 16.1. The maximum absolute atomic E-state index is 12.2. The van der Waals surface area contributed by atoms with Crippen LogP contribution in [0.5, 0.6) is 0 Å². The molecule has 0 amide bonds. The molecule has 0 aromatic heterocycles. The van der Waals surface area contributed by atoms with Gasteiger partial charge in [0.15, 0.2) is 0 Å². The van der Waals surface area contributed by atoms with Gasteiger partial charge in [-0.2, -0.15) is 0 Å². The molecule has 5 aliphatic rings. The van der Waals surface area contributed by atoms with Crippen LogP contribution < -0.4 is 0 Å². The number of carbonyl (C=O) groups excluding carboxylic acids is 1. The van der Waals surface area contributed by atoms with Crippen molar-refractivity contribution in [3.8, 4) is 0 Å². The Morgan fingerprint density at radius 1 is 1.00 bits per heavy atom. The number of rotatable bonds is 1. The standard InChI is InChI=1S/C28H35NO/c1-27-14-11-19(30)17-18(27)7-8-22-24-10-9-23(28(24,2)15-12-25(22)27)20-13-16-29-26-6-4-3-5-21(20)26/h3-6,9,16,18,20,22,24-25H,7-8,10-15,17H2,1-2H3. The topological polar surface area (TPSA) is 29.4 Å². The Balaban J connectivity index is 1.31. The van der Waals surface area contributed by atoms with Gasteiger partial charge < -0.3 is 0 Å². The van der Waals surface area contributed by atoms with Crippen LogP contribution in [0.25, 0.3) is 0 Å². The molecule has 0 spiro atoms. The monoisotopic (exact) mass is 401 g/mol. The van der Waals surface area contributed by atoms with Crippen LogP contribution in [-0.2, 0) is 4.79 Å². The lowest BCUT2D eigenvalue weighted by Gasteiger charge is -2.60. The molecule has 6 rings (SSSR count). The first kappa shape index (κ1) is 19.0. The van der Waals surface area contributed by atoms with Crippen molar-refractivity contribution in [1.29, 1.82) is 0 Å². The number of fused-ring (bicyclic) bond motifs is 6. The van der Waals surface area contributed by atoms with Gasteiger partial charge in [-0.25, -0.2) is 0 Å². The highest BCUT2D eigenvalue weighted by molar-refractivity contribution is 5.79. The predicted octanol–water partition coefficient (Wildman–Crippen LogP) is 7.02. The van der Waals surface area contributed by atoms with E-state index in [0.717, 1.165) is 43.4 Å². The van der Waals surface area contributed by atoms with Crippen molar-refractivity contribution in [2.75, 3.05) is 0 Å². The quantitative estimate of drug-likeness (QED) is 0.465. The van der Waals surface area contributed by atoms with Crippen LogP contribution in [-0.4, -0.2) is 12.0 Å². The third-order valence-corrected chi connectivity index (χ3v) is 10.4. The summed E-state index contributed by atoms with van der Waals surface area (Å²) in [7, 11) is 0. The first-order valence-electron chi connectivity index (χ1n) is 12.3. The van der Waals surface area contributed by atoms with E-state index in [9.17, 15) is 4.79 Å². The van der Waals surface area contributed by atoms with Crippen LogP contribution in [0.4, 0.5) is 5.69 Å². The normalized spacial score (nSPS) is 44.5. The molecule has 3 saturated carbocycles. The van der Waals surface area contributed by atoms with Crippen LogP contribution in [0.2, 0.25) is 0 Å². The molecular weight excluding hydrogens is 366 g/mol. The highest BCUT2D eigenvalue weighted by Crippen LogP contribution is 2.67. The van der Waals surface area contributed by atoms with Gasteiger partial charge in [0, 0.05) is 25.0 Å². The van der Waals surface area contributed by atoms with Gasteiger partial charge in [0.25, 0.3) is 0 Å². The highest BCUT2D eigenvalue weighted by Gasteiger charge is 2.59. The summed E-state index contributed by atoms with van der Waals surface area (Å²) in [4.78, 5) is 16.8. The zero-order valence-electron chi connectivity index (χ0n) is 18.6. The number of hydrogen-bond acceptors (Lipinski definition) is 2. The average Bonchev–Trinajstić information content (AvgIpc) is 3.11. The van der Waals surface area contributed by atoms with Crippen molar-refractivity contribution in [2.45, 2.75) is 77.6 Å². The summed E-state index contributed by atoms with van der Waals surface area (Å²) < 4.78 is 0. The van der Waals surface area contributed by atoms with E-state index in [2.05, 4.69) is 55.4 Å². The zero-order valence-corrected chi connectivity index (χ0v) is 18.6. The number of carbonyl (C=O) groups is 1. The minimum Gasteiger partial charge on any atom is -0.300 e. The largest absolute Gasteiger partial charge is 0.300 e. The van der Waals surface area contributed by atoms with Crippen molar-refractivity contribution in [3.05, 3.63) is 41.5 Å². The molecule has 30 heavy (non-hydrogen) atoms. The molecule has 1 aliphatic heterocycles. The smallest absolute Gasteiger partial charge is 0.133 e. The molecule has 0 N–H and O–H groups in total. The number of hydrogen-bond donors (Lipinski definition) is 0. The first-order valence-corrected chi connectivity index (χ1v) is 12.3. The Morgan fingerprint density at radius 3 is 2.77 bits per heavy atom. The Hall–Kier alpha value is -1.70. The number of nitrogens with zero attached hydrogens (tertiary/aromatic N) is 1. The van der Waals surface area contributed by atoms with Gasteiger partial charge in [0.2, 0.25) is 0 Å². The zero-order chi connectivity index (χ0) is 20.5. The molecule has 1 aromatic carbocycles. The molecule has 7 atom stereocenters. The summed E-state index contributed by atoms with van der Waals surface area (Å²) >= 11 is 0. The number of allylic oxidation sites excluding steroid dienone is 2. The van der Waals surface area contributed by atoms with E-state index in [4.69, 9.17) is 0 Å². The molecule has 1 aromatic rings. The molecule has 0 saturated heterocycles. The lowest BCUT2D eigenvalue weighted by molar-refractivity contribution is -0.137. The van der Waals surface area contributed by atoms with Gasteiger partial charge >= 0.3 is 0 Å². The average molecular weight is 402 g/mol. The van der Waals surface area contributed by atoms with Crippen molar-refractivity contribution < 1.29 is 4.79 Å². The SMILES string of the molecule is CC12CCC3C(CCC4CC(=O)CCC43C)C1CC=C2C1CC=Nc2ccccc21. The van der Waals surface area contributed by atoms with E-state index in [1.807, 2.05) is 0 Å². The van der Waals surface area contributed by atoms with Crippen LogP contribution in [0, 0.1) is 34.5 Å². The fraction of sp³-hybridized carbons (Fsp3) is 0.643. The second-order valence-corrected chi connectivity index (χ2v) is 11.4. The van der Waals surface area contributed by atoms with Crippen molar-refractivity contribution in [3.63, 3.8) is 0 Å². The number of para-hydroxylation sites is 1. The Labute approximate surface area is 181 Å². The third kappa shape index (κ3) is 2.55. The first-order chi connectivity index (χ1) is 14.5. The predicted molar refractivity (Wildman–Crippen MR) is 122 cm³/mol. The Bertz CT molecular complexity index is 944. The lowest BCUT2D eigenvalue weighted by Crippen LogP contribution is -2.53. The minimum atomic E-state index is 0.345. The second kappa shape index (κ2) is 6.65. The Morgan fingerprint density at radius 2 is 1.87 bits per heavy atom. The van der Waals surface area contributed by atoms with Crippen LogP contribution in [0.3, 0.4) is 0 Å². The molecule has 158 valence electrons. The Kier molecular flexibility index (Phi) is 4.21. The van der Waals surface area contributed by atoms with E-state index in [1.54, 1.807) is 5.57 Å². The molecule has 7 unspecified atom stereocenters. The molecule has 2 nitrogen and oxygen atoms in total. The van der Waals surface area contributed by atoms with Crippen molar-refractivity contribution in [2.24, 2.45) is 39.5 Å². The summed E-state index contributed by atoms with van der Waals surface area (Å²) in [5.41, 5.74) is 5.09. The summed E-state index contributed by atoms with van der Waals surface area (Å²) in [6.07, 6.45) is 15.3. The van der Waals surface area contributed by atoms with Crippen molar-refractivity contribution in [1.82, 2.24) is 0 Å². The maximum atomic E-state index is 12.2. The molecule has 4 aliphatic carbocycles. The summed E-state index contributed by atoms with van der Waals surface area (Å²) in [6.45, 7) is 5.15. The van der Waals surface area contributed by atoms with E-state index in [0.29, 0.717) is 28.4 Å². The van der Waals surface area contributed by atoms with Gasteiger partial charge in [0.05, 0.1) is 5.69 Å². The summed E-state index contributed by atoms with van der Waals surface area (Å²) in [6, 6.07) is 8.79. The minimum absolute atomic E-state index is 0.345. The maximum Gasteiger partial charge on any atom is 0.133 e. The van der Waals surface area contributed by atoms with Gasteiger partial charge in [0.1, 0.15) is 5.78 Å². The van der Waals surface area contributed by atoms with Crippen LogP contribution in [0.1, 0.15) is 83.1 Å². The third-order valence-electron chi connectivity index (χ3n) is 10.4. The number of Topliss-reactive ketones (excluding diaryl/α,β-unsaturated/α-hetero) is 1. The lowest BCUT2D eigenvalue weighted by atomic mass is 9.44. The van der Waals surface area contributed by atoms with Gasteiger partial charge in [-0.05, 0) is 91.1 Å².